The second-order valence-corrected chi connectivity index (χ2v) is 12.9. The maximum atomic E-state index is 13.1. The van der Waals surface area contributed by atoms with E-state index in [2.05, 4.69) is 13.8 Å². The van der Waals surface area contributed by atoms with Crippen molar-refractivity contribution in [3.63, 3.8) is 0 Å². The topological polar surface area (TPSA) is 102 Å². The SMILES string of the molecule is CCOC(=O)C(O)[C@@]12O[C@H](C3CCCCC3)O[C@@H]1C[C@H]1[C@@H]3CCC4=CC(=O)C=C[C@]4(C)[C@H]3[C@@H](O)C[C@@]12C. The molecule has 0 aromatic carbocycles. The van der Waals surface area contributed by atoms with E-state index in [0.29, 0.717) is 12.8 Å². The van der Waals surface area contributed by atoms with Crippen LogP contribution in [0.15, 0.2) is 23.8 Å². The fraction of sp³-hybridized carbons (Fsp3) is 0.800. The summed E-state index contributed by atoms with van der Waals surface area (Å²) in [7, 11) is 0. The van der Waals surface area contributed by atoms with Crippen LogP contribution in [0.5, 0.6) is 0 Å². The minimum Gasteiger partial charge on any atom is -0.464 e. The van der Waals surface area contributed by atoms with Crippen molar-refractivity contribution in [1.82, 2.24) is 0 Å². The second-order valence-electron chi connectivity index (χ2n) is 12.9. The average molecular weight is 515 g/mol. The number of aliphatic hydroxyl groups is 2. The Hall–Kier alpha value is -1.54. The zero-order valence-corrected chi connectivity index (χ0v) is 22.4. The quantitative estimate of drug-likeness (QED) is 0.549. The first kappa shape index (κ1) is 25.7. The van der Waals surface area contributed by atoms with E-state index in [1.54, 1.807) is 19.1 Å². The predicted octanol–water partition coefficient (Wildman–Crippen LogP) is 3.86. The summed E-state index contributed by atoms with van der Waals surface area (Å²) >= 11 is 0. The van der Waals surface area contributed by atoms with Gasteiger partial charge in [-0.25, -0.2) is 4.79 Å². The van der Waals surface area contributed by atoms with Crippen LogP contribution in [-0.2, 0) is 23.8 Å². The summed E-state index contributed by atoms with van der Waals surface area (Å²) in [4.78, 5) is 25.2. The van der Waals surface area contributed by atoms with E-state index < -0.39 is 41.6 Å². The van der Waals surface area contributed by atoms with Crippen molar-refractivity contribution in [1.29, 1.82) is 0 Å². The maximum Gasteiger partial charge on any atom is 0.338 e. The van der Waals surface area contributed by atoms with E-state index in [9.17, 15) is 19.8 Å². The number of carbonyl (C=O) groups excluding carboxylic acids is 2. The molecule has 1 unspecified atom stereocenters. The molecule has 10 atom stereocenters. The summed E-state index contributed by atoms with van der Waals surface area (Å²) in [5, 5.41) is 23.5. The molecule has 0 bridgehead atoms. The van der Waals surface area contributed by atoms with Gasteiger partial charge in [0.1, 0.15) is 5.60 Å². The van der Waals surface area contributed by atoms with Crippen molar-refractivity contribution in [2.75, 3.05) is 6.61 Å². The summed E-state index contributed by atoms with van der Waals surface area (Å²) in [6.45, 7) is 6.16. The lowest BCUT2D eigenvalue weighted by Crippen LogP contribution is -2.65. The lowest BCUT2D eigenvalue weighted by Gasteiger charge is -2.60. The van der Waals surface area contributed by atoms with Gasteiger partial charge in [-0.05, 0) is 69.4 Å². The van der Waals surface area contributed by atoms with Crippen LogP contribution in [0, 0.1) is 34.5 Å². The van der Waals surface area contributed by atoms with E-state index >= 15 is 0 Å². The number of ether oxygens (including phenoxy) is 3. The fourth-order valence-electron chi connectivity index (χ4n) is 9.64. The van der Waals surface area contributed by atoms with Gasteiger partial charge in [0.05, 0.1) is 18.8 Å². The first-order chi connectivity index (χ1) is 17.7. The Labute approximate surface area is 219 Å². The third kappa shape index (κ3) is 3.53. The maximum absolute atomic E-state index is 13.1. The number of fused-ring (bicyclic) bond motifs is 7. The fourth-order valence-corrected chi connectivity index (χ4v) is 9.64. The molecule has 0 radical (unpaired) electrons. The van der Waals surface area contributed by atoms with Crippen LogP contribution < -0.4 is 0 Å². The Balaban J connectivity index is 1.38. The molecule has 0 spiro atoms. The van der Waals surface area contributed by atoms with Gasteiger partial charge in [0, 0.05) is 22.7 Å². The van der Waals surface area contributed by atoms with Crippen molar-refractivity contribution in [3.8, 4) is 0 Å². The normalized spacial score (nSPS) is 47.9. The molecule has 0 aromatic heterocycles. The molecule has 7 heteroatoms. The third-order valence-electron chi connectivity index (χ3n) is 11.3. The summed E-state index contributed by atoms with van der Waals surface area (Å²) in [5.41, 5.74) is -1.20. The van der Waals surface area contributed by atoms with Crippen molar-refractivity contribution >= 4 is 11.8 Å². The molecule has 1 saturated heterocycles. The predicted molar refractivity (Wildman–Crippen MR) is 135 cm³/mol. The lowest BCUT2D eigenvalue weighted by atomic mass is 9.46. The number of hydrogen-bond donors (Lipinski definition) is 2. The van der Waals surface area contributed by atoms with Gasteiger partial charge in [-0.15, -0.1) is 0 Å². The van der Waals surface area contributed by atoms with Crippen LogP contribution in [-0.4, -0.2) is 58.8 Å². The van der Waals surface area contributed by atoms with E-state index in [-0.39, 0.29) is 41.5 Å². The van der Waals surface area contributed by atoms with E-state index in [1.165, 1.54) is 6.42 Å². The highest BCUT2D eigenvalue weighted by Crippen LogP contribution is 2.70. The van der Waals surface area contributed by atoms with Crippen molar-refractivity contribution in [2.45, 2.75) is 109 Å². The summed E-state index contributed by atoms with van der Waals surface area (Å²) < 4.78 is 18.8. The van der Waals surface area contributed by atoms with E-state index in [4.69, 9.17) is 14.2 Å². The van der Waals surface area contributed by atoms with Crippen LogP contribution in [0.4, 0.5) is 0 Å². The molecule has 7 nitrogen and oxygen atoms in total. The van der Waals surface area contributed by atoms with Gasteiger partial charge in [-0.2, -0.15) is 0 Å². The Morgan fingerprint density at radius 2 is 1.97 bits per heavy atom. The number of aliphatic hydroxyl groups excluding tert-OH is 2. The van der Waals surface area contributed by atoms with Gasteiger partial charge < -0.3 is 24.4 Å². The molecule has 1 aliphatic heterocycles. The van der Waals surface area contributed by atoms with Gasteiger partial charge in [-0.1, -0.05) is 44.8 Å². The van der Waals surface area contributed by atoms with Gasteiger partial charge in [-0.3, -0.25) is 4.79 Å². The monoisotopic (exact) mass is 514 g/mol. The molecule has 0 amide bonds. The molecule has 6 aliphatic rings. The molecule has 5 fully saturated rings. The molecule has 37 heavy (non-hydrogen) atoms. The summed E-state index contributed by atoms with van der Waals surface area (Å²) in [6, 6.07) is 0. The average Bonchev–Trinajstić information content (AvgIpc) is 3.37. The molecular weight excluding hydrogens is 472 g/mol. The van der Waals surface area contributed by atoms with Gasteiger partial charge >= 0.3 is 5.97 Å². The molecule has 4 saturated carbocycles. The highest BCUT2D eigenvalue weighted by molar-refractivity contribution is 6.01. The molecule has 2 N–H and O–H groups in total. The Bertz CT molecular complexity index is 1010. The van der Waals surface area contributed by atoms with Crippen molar-refractivity contribution < 1.29 is 34.0 Å². The number of carbonyl (C=O) groups is 2. The second kappa shape index (κ2) is 9.00. The third-order valence-corrected chi connectivity index (χ3v) is 11.3. The molecule has 5 aliphatic carbocycles. The number of hydrogen-bond acceptors (Lipinski definition) is 7. The van der Waals surface area contributed by atoms with Crippen LogP contribution in [0.25, 0.3) is 0 Å². The summed E-state index contributed by atoms with van der Waals surface area (Å²) in [5.74, 6) is -0.186. The van der Waals surface area contributed by atoms with Crippen LogP contribution in [0.2, 0.25) is 0 Å². The zero-order valence-electron chi connectivity index (χ0n) is 22.4. The molecule has 1 heterocycles. The number of allylic oxidation sites excluding steroid dienone is 4. The van der Waals surface area contributed by atoms with Gasteiger partial charge in [0.2, 0.25) is 0 Å². The van der Waals surface area contributed by atoms with Gasteiger partial charge in [0.25, 0.3) is 0 Å². The minimum atomic E-state index is -1.48. The number of rotatable bonds is 4. The van der Waals surface area contributed by atoms with Crippen LogP contribution >= 0.6 is 0 Å². The van der Waals surface area contributed by atoms with Crippen LogP contribution in [0.3, 0.4) is 0 Å². The number of ketones is 1. The largest absolute Gasteiger partial charge is 0.464 e. The Morgan fingerprint density at radius 3 is 2.70 bits per heavy atom. The standard InChI is InChI=1S/C30H42O7/c1-4-35-26(34)25(33)30-23(36-27(37-30)17-8-6-5-7-9-17)15-21-20-11-10-18-14-19(31)12-13-28(18,2)24(20)22(32)16-29(21,30)3/h12-14,17,20-25,27,32-33H,4-11,15-16H2,1-3H3/t20-,21-,22-,23+,24+,25?,27+,28-,29-,30-/m0/s1. The lowest BCUT2D eigenvalue weighted by molar-refractivity contribution is -0.238. The molecule has 6 rings (SSSR count). The van der Waals surface area contributed by atoms with Crippen LogP contribution in [0.1, 0.15) is 78.6 Å². The molecule has 0 aromatic rings. The smallest absolute Gasteiger partial charge is 0.338 e. The van der Waals surface area contributed by atoms with Crippen molar-refractivity contribution in [2.24, 2.45) is 34.5 Å². The summed E-state index contributed by atoms with van der Waals surface area (Å²) in [6.07, 6.45) is 10.6. The van der Waals surface area contributed by atoms with E-state index in [0.717, 1.165) is 44.1 Å². The number of esters is 1. The Kier molecular flexibility index (Phi) is 6.26. The molecular formula is C30H42O7. The van der Waals surface area contributed by atoms with E-state index in [1.807, 2.05) is 6.08 Å². The highest BCUT2D eigenvalue weighted by Gasteiger charge is 2.77. The Morgan fingerprint density at radius 1 is 1.22 bits per heavy atom. The minimum absolute atomic E-state index is 0.0172. The van der Waals surface area contributed by atoms with Gasteiger partial charge in [0.15, 0.2) is 18.2 Å². The zero-order chi connectivity index (χ0) is 26.2. The highest BCUT2D eigenvalue weighted by atomic mass is 16.7. The van der Waals surface area contributed by atoms with Crippen molar-refractivity contribution in [3.05, 3.63) is 23.8 Å². The first-order valence-electron chi connectivity index (χ1n) is 14.5. The molecule has 204 valence electrons. The first-order valence-corrected chi connectivity index (χ1v) is 14.5.